The summed E-state index contributed by atoms with van der Waals surface area (Å²) in [5, 5.41) is 18.2. The molecule has 1 aliphatic carbocycles. The third kappa shape index (κ3) is 3.79. The molecule has 0 bridgehead atoms. The highest BCUT2D eigenvalue weighted by Crippen LogP contribution is 2.50. The van der Waals surface area contributed by atoms with Crippen LogP contribution in [0.1, 0.15) is 55.5 Å². The minimum Gasteiger partial charge on any atom is -0.386 e. The van der Waals surface area contributed by atoms with Gasteiger partial charge in [-0.15, -0.1) is 11.3 Å². The molecule has 0 unspecified atom stereocenters. The summed E-state index contributed by atoms with van der Waals surface area (Å²) in [6, 6.07) is 6.39. The zero-order valence-corrected chi connectivity index (χ0v) is 17.8. The van der Waals surface area contributed by atoms with Gasteiger partial charge in [0.2, 0.25) is 0 Å². The molecule has 1 aromatic carbocycles. The van der Waals surface area contributed by atoms with Gasteiger partial charge >= 0.3 is 0 Å². The number of aromatic nitrogens is 3. The van der Waals surface area contributed by atoms with Crippen LogP contribution in [0.3, 0.4) is 0 Å². The summed E-state index contributed by atoms with van der Waals surface area (Å²) in [5.41, 5.74) is 4.04. The van der Waals surface area contributed by atoms with Crippen LogP contribution in [0.25, 0.3) is 11.8 Å². The fourth-order valence-electron chi connectivity index (χ4n) is 4.36. The molecule has 1 aliphatic rings. The van der Waals surface area contributed by atoms with Gasteiger partial charge in [0, 0.05) is 17.5 Å². The number of aliphatic hydroxyl groups is 1. The lowest BCUT2D eigenvalue weighted by Gasteiger charge is -2.43. The number of halogens is 1. The lowest BCUT2D eigenvalue weighted by atomic mass is 9.63. The summed E-state index contributed by atoms with van der Waals surface area (Å²) in [6.07, 6.45) is 8.24. The molecule has 4 rings (SSSR count). The van der Waals surface area contributed by atoms with Gasteiger partial charge in [-0.25, -0.2) is 14.1 Å². The van der Waals surface area contributed by atoms with E-state index >= 15 is 0 Å². The van der Waals surface area contributed by atoms with E-state index in [-0.39, 0.29) is 17.2 Å². The van der Waals surface area contributed by atoms with Crippen molar-refractivity contribution >= 4 is 17.4 Å². The van der Waals surface area contributed by atoms with Gasteiger partial charge in [-0.1, -0.05) is 19.4 Å². The first-order valence-electron chi connectivity index (χ1n) is 9.97. The Morgan fingerprint density at radius 2 is 2.07 bits per heavy atom. The number of rotatable bonds is 4. The summed E-state index contributed by atoms with van der Waals surface area (Å²) in [6.45, 7) is 6.47. The first kappa shape index (κ1) is 20.0. The summed E-state index contributed by atoms with van der Waals surface area (Å²) in [4.78, 5) is 4.34. The zero-order valence-electron chi connectivity index (χ0n) is 17.0. The van der Waals surface area contributed by atoms with Crippen molar-refractivity contribution in [2.75, 3.05) is 0 Å². The van der Waals surface area contributed by atoms with E-state index in [2.05, 4.69) is 30.0 Å². The summed E-state index contributed by atoms with van der Waals surface area (Å²) >= 11 is 1.51. The number of nitrogens with zero attached hydrogens (tertiary/aromatic N) is 3. The number of hydrogen-bond acceptors (Lipinski definition) is 4. The van der Waals surface area contributed by atoms with Crippen LogP contribution in [-0.2, 0) is 0 Å². The largest absolute Gasteiger partial charge is 0.386 e. The molecular weight excluding hydrogens is 385 g/mol. The SMILES string of the molecule is Cc1cnn(-c2ccc(F)cc2)c1/C=C1/CCC[C@H]([C@@H](O)c2nccs2)C1(C)C. The molecule has 2 aromatic heterocycles. The van der Waals surface area contributed by atoms with Crippen molar-refractivity contribution in [1.82, 2.24) is 14.8 Å². The van der Waals surface area contributed by atoms with Gasteiger partial charge in [0.25, 0.3) is 0 Å². The van der Waals surface area contributed by atoms with Gasteiger partial charge in [0.05, 0.1) is 17.6 Å². The minimum atomic E-state index is -0.559. The van der Waals surface area contributed by atoms with E-state index in [0.29, 0.717) is 0 Å². The molecule has 1 N–H and O–H groups in total. The average Bonchev–Trinajstić information content (AvgIpc) is 3.34. The maximum Gasteiger partial charge on any atom is 0.123 e. The Bertz CT molecular complexity index is 1010. The molecule has 4 nitrogen and oxygen atoms in total. The van der Waals surface area contributed by atoms with Crippen molar-refractivity contribution in [3.63, 3.8) is 0 Å². The van der Waals surface area contributed by atoms with Gasteiger partial charge in [-0.05, 0) is 67.5 Å². The smallest absolute Gasteiger partial charge is 0.123 e. The maximum absolute atomic E-state index is 13.3. The van der Waals surface area contributed by atoms with Crippen molar-refractivity contribution < 1.29 is 9.50 Å². The first-order chi connectivity index (χ1) is 13.9. The second kappa shape index (κ2) is 7.84. The fraction of sp³-hybridized carbons (Fsp3) is 0.391. The minimum absolute atomic E-state index is 0.108. The first-order valence-corrected chi connectivity index (χ1v) is 10.8. The number of aliphatic hydroxyl groups excluding tert-OH is 1. The predicted octanol–water partition coefficient (Wildman–Crippen LogP) is 5.72. The van der Waals surface area contributed by atoms with E-state index < -0.39 is 6.10 Å². The Morgan fingerprint density at radius 1 is 1.31 bits per heavy atom. The van der Waals surface area contributed by atoms with Gasteiger partial charge in [-0.3, -0.25) is 0 Å². The van der Waals surface area contributed by atoms with E-state index in [1.165, 1.54) is 29.0 Å². The average molecular weight is 412 g/mol. The topological polar surface area (TPSA) is 50.9 Å². The molecule has 0 aliphatic heterocycles. The molecular formula is C23H26FN3OS. The molecule has 152 valence electrons. The Labute approximate surface area is 174 Å². The summed E-state index contributed by atoms with van der Waals surface area (Å²) in [5.74, 6) is -0.152. The van der Waals surface area contributed by atoms with Crippen molar-refractivity contribution in [3.8, 4) is 5.69 Å². The standard InChI is InChI=1S/C23H26FN3OS/c1-15-14-26-27(18-9-7-17(24)8-10-18)20(15)13-16-5-4-6-19(23(16,2)3)21(28)22-25-11-12-29-22/h7-14,19,21,28H,4-6H2,1-3H3/b16-13-/t19-,21-/m1/s1. The molecule has 0 saturated heterocycles. The highest BCUT2D eigenvalue weighted by molar-refractivity contribution is 7.09. The maximum atomic E-state index is 13.3. The van der Waals surface area contributed by atoms with Crippen molar-refractivity contribution in [2.24, 2.45) is 11.3 Å². The molecule has 3 aromatic rings. The molecule has 1 saturated carbocycles. The van der Waals surface area contributed by atoms with Crippen molar-refractivity contribution in [2.45, 2.75) is 46.1 Å². The van der Waals surface area contributed by atoms with E-state index in [1.54, 1.807) is 18.3 Å². The molecule has 0 amide bonds. The van der Waals surface area contributed by atoms with E-state index in [0.717, 1.165) is 41.2 Å². The number of benzene rings is 1. The van der Waals surface area contributed by atoms with Crippen LogP contribution in [0, 0.1) is 24.1 Å². The lowest BCUT2D eigenvalue weighted by molar-refractivity contribution is 0.0310. The third-order valence-electron chi connectivity index (χ3n) is 6.18. The highest BCUT2D eigenvalue weighted by Gasteiger charge is 2.41. The molecule has 1 fully saturated rings. The number of thiazole rings is 1. The van der Waals surface area contributed by atoms with Crippen molar-refractivity contribution in [1.29, 1.82) is 0 Å². The van der Waals surface area contributed by atoms with Crippen molar-refractivity contribution in [3.05, 3.63) is 69.7 Å². The quantitative estimate of drug-likeness (QED) is 0.597. The third-order valence-corrected chi connectivity index (χ3v) is 7.03. The van der Waals surface area contributed by atoms with E-state index in [9.17, 15) is 9.50 Å². The van der Waals surface area contributed by atoms with Crippen LogP contribution in [0.2, 0.25) is 0 Å². The number of hydrogen-bond donors (Lipinski definition) is 1. The molecule has 2 heterocycles. The Morgan fingerprint density at radius 3 is 2.76 bits per heavy atom. The Kier molecular flexibility index (Phi) is 5.40. The van der Waals surface area contributed by atoms with E-state index in [1.807, 2.05) is 23.2 Å². The van der Waals surface area contributed by atoms with Gasteiger partial charge in [0.1, 0.15) is 16.9 Å². The zero-order chi connectivity index (χ0) is 20.6. The van der Waals surface area contributed by atoms with Gasteiger partial charge in [0.15, 0.2) is 0 Å². The summed E-state index contributed by atoms with van der Waals surface area (Å²) < 4.78 is 15.2. The van der Waals surface area contributed by atoms with Crippen LogP contribution in [-0.4, -0.2) is 19.9 Å². The molecule has 0 spiro atoms. The summed E-state index contributed by atoms with van der Waals surface area (Å²) in [7, 11) is 0. The number of aryl methyl sites for hydroxylation is 1. The molecule has 29 heavy (non-hydrogen) atoms. The fourth-order valence-corrected chi connectivity index (χ4v) is 5.05. The Hall–Kier alpha value is -2.31. The molecule has 0 radical (unpaired) electrons. The second-order valence-electron chi connectivity index (χ2n) is 8.31. The number of allylic oxidation sites excluding steroid dienone is 1. The lowest BCUT2D eigenvalue weighted by Crippen LogP contribution is -2.34. The van der Waals surface area contributed by atoms with Crippen LogP contribution in [0.15, 0.2) is 47.6 Å². The van der Waals surface area contributed by atoms with Crippen LogP contribution in [0.4, 0.5) is 4.39 Å². The molecule has 2 atom stereocenters. The highest BCUT2D eigenvalue weighted by atomic mass is 32.1. The van der Waals surface area contributed by atoms with Crippen LogP contribution in [0.5, 0.6) is 0 Å². The van der Waals surface area contributed by atoms with Gasteiger partial charge < -0.3 is 5.11 Å². The second-order valence-corrected chi connectivity index (χ2v) is 9.23. The predicted molar refractivity (Wildman–Crippen MR) is 114 cm³/mol. The van der Waals surface area contributed by atoms with Crippen LogP contribution < -0.4 is 0 Å². The van der Waals surface area contributed by atoms with E-state index in [4.69, 9.17) is 0 Å². The van der Waals surface area contributed by atoms with Crippen LogP contribution >= 0.6 is 11.3 Å². The Balaban J connectivity index is 1.71. The monoisotopic (exact) mass is 411 g/mol. The normalized spacial score (nSPS) is 21.4. The molecule has 6 heteroatoms. The van der Waals surface area contributed by atoms with Gasteiger partial charge in [-0.2, -0.15) is 5.10 Å².